The van der Waals surface area contributed by atoms with Gasteiger partial charge in [-0.25, -0.2) is 4.79 Å². The average Bonchev–Trinajstić information content (AvgIpc) is 2.45. The third kappa shape index (κ3) is 5.93. The number of rotatable bonds is 9. The second kappa shape index (κ2) is 9.10. The van der Waals surface area contributed by atoms with Crippen LogP contribution in [0.25, 0.3) is 0 Å². The zero-order valence-corrected chi connectivity index (χ0v) is 12.2. The van der Waals surface area contributed by atoms with Crippen LogP contribution in [0.2, 0.25) is 0 Å². The Balaban J connectivity index is 2.68. The van der Waals surface area contributed by atoms with Gasteiger partial charge in [-0.2, -0.15) is 0 Å². The fraction of sp³-hybridized carbons (Fsp3) is 0.467. The van der Waals surface area contributed by atoms with Crippen molar-refractivity contribution in [3.63, 3.8) is 0 Å². The van der Waals surface area contributed by atoms with E-state index in [1.807, 2.05) is 18.2 Å². The molecule has 0 spiro atoms. The quantitative estimate of drug-likeness (QED) is 0.669. The number of hydrogen-bond acceptors (Lipinski definition) is 4. The zero-order valence-electron chi connectivity index (χ0n) is 12.2. The van der Waals surface area contributed by atoms with Crippen molar-refractivity contribution in [2.45, 2.75) is 32.6 Å². The number of carboxylic acid groups (broad SMARTS) is 1. The minimum Gasteiger partial charge on any atom is -0.480 e. The van der Waals surface area contributed by atoms with Crippen LogP contribution in [0.15, 0.2) is 30.3 Å². The highest BCUT2D eigenvalue weighted by Gasteiger charge is 2.30. The van der Waals surface area contributed by atoms with Crippen molar-refractivity contribution in [1.29, 1.82) is 0 Å². The highest BCUT2D eigenvalue weighted by molar-refractivity contribution is 5.85. The van der Waals surface area contributed by atoms with Crippen molar-refractivity contribution < 1.29 is 24.2 Å². The fourth-order valence-corrected chi connectivity index (χ4v) is 1.82. The van der Waals surface area contributed by atoms with Gasteiger partial charge in [-0.05, 0) is 19.4 Å². The highest BCUT2D eigenvalue weighted by atomic mass is 16.7. The van der Waals surface area contributed by atoms with Crippen LogP contribution in [0.4, 0.5) is 0 Å². The Hall–Kier alpha value is -1.92. The molecule has 21 heavy (non-hydrogen) atoms. The second-order valence-corrected chi connectivity index (χ2v) is 4.32. The Bertz CT molecular complexity index is 443. The lowest BCUT2D eigenvalue weighted by Gasteiger charge is -2.24. The van der Waals surface area contributed by atoms with Crippen LogP contribution in [0.1, 0.15) is 19.4 Å². The molecule has 0 radical (unpaired) electrons. The largest absolute Gasteiger partial charge is 0.480 e. The molecular formula is C15H21NO5. The molecule has 1 amide bonds. The van der Waals surface area contributed by atoms with E-state index in [0.29, 0.717) is 13.2 Å². The molecule has 0 unspecified atom stereocenters. The molecule has 0 saturated heterocycles. The van der Waals surface area contributed by atoms with Gasteiger partial charge in [0.2, 0.25) is 5.91 Å². The lowest BCUT2D eigenvalue weighted by atomic mass is 10.1. The summed E-state index contributed by atoms with van der Waals surface area (Å²) >= 11 is 0. The molecule has 0 aliphatic heterocycles. The maximum atomic E-state index is 12.0. The van der Waals surface area contributed by atoms with Gasteiger partial charge in [-0.15, -0.1) is 0 Å². The first-order valence-electron chi connectivity index (χ1n) is 6.87. The summed E-state index contributed by atoms with van der Waals surface area (Å²) in [6.07, 6.45) is -0.896. The number of carbonyl (C=O) groups excluding carboxylic acids is 1. The van der Waals surface area contributed by atoms with Gasteiger partial charge in [0.25, 0.3) is 0 Å². The molecule has 1 aromatic rings. The van der Waals surface area contributed by atoms with Crippen molar-refractivity contribution >= 4 is 11.9 Å². The van der Waals surface area contributed by atoms with E-state index in [-0.39, 0.29) is 6.42 Å². The number of benzene rings is 1. The highest BCUT2D eigenvalue weighted by Crippen LogP contribution is 2.05. The van der Waals surface area contributed by atoms with Gasteiger partial charge in [0.15, 0.2) is 12.3 Å². The number of ether oxygens (including phenoxy) is 2. The molecule has 0 fully saturated rings. The van der Waals surface area contributed by atoms with Crippen LogP contribution < -0.4 is 5.32 Å². The Morgan fingerprint density at radius 3 is 2.19 bits per heavy atom. The van der Waals surface area contributed by atoms with Crippen molar-refractivity contribution in [3.8, 4) is 0 Å². The normalized spacial score (nSPS) is 12.1. The minimum atomic E-state index is -1.24. The molecule has 2 N–H and O–H groups in total. The summed E-state index contributed by atoms with van der Waals surface area (Å²) in [5, 5.41) is 11.7. The van der Waals surface area contributed by atoms with E-state index in [0.717, 1.165) is 5.56 Å². The predicted molar refractivity (Wildman–Crippen MR) is 76.8 cm³/mol. The topological polar surface area (TPSA) is 84.9 Å². The van der Waals surface area contributed by atoms with Crippen molar-refractivity contribution in [1.82, 2.24) is 5.32 Å². The van der Waals surface area contributed by atoms with Crippen LogP contribution in [0, 0.1) is 0 Å². The van der Waals surface area contributed by atoms with Gasteiger partial charge in [-0.3, -0.25) is 4.79 Å². The van der Waals surface area contributed by atoms with Crippen molar-refractivity contribution in [2.24, 2.45) is 0 Å². The first-order chi connectivity index (χ1) is 10.1. The third-order valence-electron chi connectivity index (χ3n) is 2.72. The van der Waals surface area contributed by atoms with Crippen LogP contribution in [-0.4, -0.2) is 42.5 Å². The van der Waals surface area contributed by atoms with Gasteiger partial charge in [0, 0.05) is 13.2 Å². The fourth-order valence-electron chi connectivity index (χ4n) is 1.82. The maximum absolute atomic E-state index is 12.0. The molecule has 0 heterocycles. The molecule has 0 aliphatic carbocycles. The van der Waals surface area contributed by atoms with Crippen LogP contribution in [0.3, 0.4) is 0 Å². The first-order valence-corrected chi connectivity index (χ1v) is 6.87. The minimum absolute atomic E-state index is 0.107. The lowest BCUT2D eigenvalue weighted by molar-refractivity contribution is -0.176. The van der Waals surface area contributed by atoms with E-state index >= 15 is 0 Å². The lowest BCUT2D eigenvalue weighted by Crippen LogP contribution is -2.51. The summed E-state index contributed by atoms with van der Waals surface area (Å²) in [5.74, 6) is -1.58. The molecule has 1 rings (SSSR count). The number of carboxylic acids is 1. The van der Waals surface area contributed by atoms with Crippen LogP contribution in [0.5, 0.6) is 0 Å². The Morgan fingerprint density at radius 2 is 1.71 bits per heavy atom. The summed E-state index contributed by atoms with van der Waals surface area (Å²) in [6, 6.07) is 7.86. The first kappa shape index (κ1) is 17.1. The van der Waals surface area contributed by atoms with Gasteiger partial charge in [-0.1, -0.05) is 30.3 Å². The van der Waals surface area contributed by atoms with Crippen LogP contribution in [-0.2, 0) is 25.5 Å². The number of nitrogens with one attached hydrogen (secondary N) is 1. The molecule has 1 aromatic carbocycles. The molecule has 6 nitrogen and oxygen atoms in total. The number of hydrogen-bond donors (Lipinski definition) is 2. The summed E-state index contributed by atoms with van der Waals surface area (Å²) in [6.45, 7) is 4.06. The third-order valence-corrected chi connectivity index (χ3v) is 2.72. The number of carbonyl (C=O) groups is 2. The summed E-state index contributed by atoms with van der Waals surface area (Å²) in [7, 11) is 0. The van der Waals surface area contributed by atoms with Gasteiger partial charge >= 0.3 is 5.97 Å². The monoisotopic (exact) mass is 295 g/mol. The summed E-state index contributed by atoms with van der Waals surface area (Å²) < 4.78 is 10.5. The Morgan fingerprint density at radius 1 is 1.14 bits per heavy atom. The Kier molecular flexibility index (Phi) is 7.42. The number of aliphatic carboxylic acids is 1. The molecule has 0 aromatic heterocycles. The summed E-state index contributed by atoms with van der Waals surface area (Å²) in [4.78, 5) is 23.3. The van der Waals surface area contributed by atoms with Crippen molar-refractivity contribution in [3.05, 3.63) is 35.9 Å². The van der Waals surface area contributed by atoms with Gasteiger partial charge < -0.3 is 19.9 Å². The van der Waals surface area contributed by atoms with E-state index in [2.05, 4.69) is 5.32 Å². The number of amides is 1. The van der Waals surface area contributed by atoms with Gasteiger partial charge in [0.1, 0.15) is 0 Å². The van der Waals surface area contributed by atoms with E-state index in [9.17, 15) is 14.7 Å². The molecule has 0 bridgehead atoms. The standard InChI is InChI=1S/C15H21NO5/c1-3-20-15(21-4-2)13(14(18)19)16-12(17)10-11-8-6-5-7-9-11/h5-9,13,15H,3-4,10H2,1-2H3,(H,16,17)(H,18,19)/t13-/m1/s1. The maximum Gasteiger partial charge on any atom is 0.331 e. The smallest absolute Gasteiger partial charge is 0.331 e. The summed E-state index contributed by atoms with van der Waals surface area (Å²) in [5.41, 5.74) is 0.809. The molecule has 6 heteroatoms. The predicted octanol–water partition coefficient (Wildman–Crippen LogP) is 1.20. The molecule has 0 saturated carbocycles. The molecule has 0 aliphatic rings. The Labute approximate surface area is 124 Å². The average molecular weight is 295 g/mol. The zero-order chi connectivity index (χ0) is 15.7. The SMILES string of the molecule is CCOC(OCC)[C@H](NC(=O)Cc1ccccc1)C(=O)O. The second-order valence-electron chi connectivity index (χ2n) is 4.32. The molecule has 116 valence electrons. The van der Waals surface area contributed by atoms with E-state index in [1.54, 1.807) is 26.0 Å². The molecule has 1 atom stereocenters. The molecular weight excluding hydrogens is 274 g/mol. The van der Waals surface area contributed by atoms with E-state index < -0.39 is 24.2 Å². The van der Waals surface area contributed by atoms with E-state index in [4.69, 9.17) is 9.47 Å². The van der Waals surface area contributed by atoms with Crippen molar-refractivity contribution in [2.75, 3.05) is 13.2 Å². The van der Waals surface area contributed by atoms with Crippen LogP contribution >= 0.6 is 0 Å². The van der Waals surface area contributed by atoms with E-state index in [1.165, 1.54) is 0 Å². The van der Waals surface area contributed by atoms with Gasteiger partial charge in [0.05, 0.1) is 6.42 Å².